The molecule has 1 aromatic carbocycles. The van der Waals surface area contributed by atoms with Gasteiger partial charge in [-0.1, -0.05) is 29.3 Å². The molecule has 0 radical (unpaired) electrons. The standard InChI is InChI=1S/C13H15Cl2N3/c1-9-10(8-18(2)17-9)6-16-7-11-12(14)4-3-5-13(11)15/h3-5,8,16H,6-7H2,1-2H3. The van der Waals surface area contributed by atoms with Crippen molar-refractivity contribution in [1.82, 2.24) is 15.1 Å². The second-order valence-electron chi connectivity index (χ2n) is 4.22. The van der Waals surface area contributed by atoms with E-state index < -0.39 is 0 Å². The van der Waals surface area contributed by atoms with Crippen molar-refractivity contribution in [3.63, 3.8) is 0 Å². The summed E-state index contributed by atoms with van der Waals surface area (Å²) >= 11 is 12.2. The summed E-state index contributed by atoms with van der Waals surface area (Å²) in [7, 11) is 1.92. The molecule has 1 aromatic heterocycles. The van der Waals surface area contributed by atoms with E-state index in [9.17, 15) is 0 Å². The molecule has 0 aliphatic heterocycles. The molecule has 1 N–H and O–H groups in total. The van der Waals surface area contributed by atoms with E-state index in [1.807, 2.05) is 43.0 Å². The zero-order chi connectivity index (χ0) is 13.1. The molecular formula is C13H15Cl2N3. The average molecular weight is 284 g/mol. The van der Waals surface area contributed by atoms with Gasteiger partial charge in [-0.25, -0.2) is 0 Å². The Morgan fingerprint density at radius 3 is 2.44 bits per heavy atom. The highest BCUT2D eigenvalue weighted by molar-refractivity contribution is 6.35. The molecule has 1 heterocycles. The van der Waals surface area contributed by atoms with E-state index in [2.05, 4.69) is 10.4 Å². The molecule has 18 heavy (non-hydrogen) atoms. The highest BCUT2D eigenvalue weighted by atomic mass is 35.5. The molecule has 0 spiro atoms. The van der Waals surface area contributed by atoms with Crippen molar-refractivity contribution in [2.24, 2.45) is 7.05 Å². The minimum absolute atomic E-state index is 0.646. The van der Waals surface area contributed by atoms with Crippen molar-refractivity contribution in [3.05, 3.63) is 51.3 Å². The van der Waals surface area contributed by atoms with E-state index in [0.29, 0.717) is 16.6 Å². The Morgan fingerprint density at radius 1 is 1.22 bits per heavy atom. The molecule has 0 aliphatic rings. The first-order chi connectivity index (χ1) is 8.58. The van der Waals surface area contributed by atoms with Crippen molar-refractivity contribution in [2.45, 2.75) is 20.0 Å². The Hall–Kier alpha value is -1.03. The molecule has 3 nitrogen and oxygen atoms in total. The third-order valence-electron chi connectivity index (χ3n) is 2.79. The van der Waals surface area contributed by atoms with Crippen LogP contribution in [0.4, 0.5) is 0 Å². The van der Waals surface area contributed by atoms with E-state index >= 15 is 0 Å². The van der Waals surface area contributed by atoms with E-state index in [1.165, 1.54) is 5.56 Å². The molecule has 2 aromatic rings. The largest absolute Gasteiger partial charge is 0.308 e. The van der Waals surface area contributed by atoms with Crippen LogP contribution in [0.25, 0.3) is 0 Å². The summed E-state index contributed by atoms with van der Waals surface area (Å²) < 4.78 is 1.81. The second kappa shape index (κ2) is 5.74. The van der Waals surface area contributed by atoms with Crippen molar-refractivity contribution in [2.75, 3.05) is 0 Å². The van der Waals surface area contributed by atoms with Crippen molar-refractivity contribution in [1.29, 1.82) is 0 Å². The Labute approximate surface area is 117 Å². The number of hydrogen-bond acceptors (Lipinski definition) is 2. The van der Waals surface area contributed by atoms with Gasteiger partial charge in [0.2, 0.25) is 0 Å². The number of rotatable bonds is 4. The van der Waals surface area contributed by atoms with Gasteiger partial charge in [0.15, 0.2) is 0 Å². The molecule has 5 heteroatoms. The quantitative estimate of drug-likeness (QED) is 0.933. The zero-order valence-corrected chi connectivity index (χ0v) is 11.9. The number of halogens is 2. The van der Waals surface area contributed by atoms with Crippen molar-refractivity contribution >= 4 is 23.2 Å². The smallest absolute Gasteiger partial charge is 0.0638 e. The van der Waals surface area contributed by atoms with Crippen LogP contribution < -0.4 is 5.32 Å². The first-order valence-electron chi connectivity index (χ1n) is 5.70. The maximum atomic E-state index is 6.11. The molecule has 0 bridgehead atoms. The highest BCUT2D eigenvalue weighted by Gasteiger charge is 2.06. The number of aryl methyl sites for hydroxylation is 2. The van der Waals surface area contributed by atoms with Crippen LogP contribution in [0.1, 0.15) is 16.8 Å². The lowest BCUT2D eigenvalue weighted by molar-refractivity contribution is 0.690. The van der Waals surface area contributed by atoms with Gasteiger partial charge < -0.3 is 5.32 Å². The van der Waals surface area contributed by atoms with E-state index in [-0.39, 0.29) is 0 Å². The first kappa shape index (κ1) is 13.4. The monoisotopic (exact) mass is 283 g/mol. The fourth-order valence-electron chi connectivity index (χ4n) is 1.85. The van der Waals surface area contributed by atoms with E-state index in [0.717, 1.165) is 17.8 Å². The van der Waals surface area contributed by atoms with E-state index in [1.54, 1.807) is 0 Å². The summed E-state index contributed by atoms with van der Waals surface area (Å²) in [5, 5.41) is 9.01. The zero-order valence-electron chi connectivity index (χ0n) is 10.4. The number of benzene rings is 1. The fourth-order valence-corrected chi connectivity index (χ4v) is 2.38. The Morgan fingerprint density at radius 2 is 1.89 bits per heavy atom. The van der Waals surface area contributed by atoms with Crippen LogP contribution >= 0.6 is 23.2 Å². The molecule has 0 unspecified atom stereocenters. The van der Waals surface area contributed by atoms with Gasteiger partial charge in [-0.15, -0.1) is 0 Å². The van der Waals surface area contributed by atoms with Crippen LogP contribution in [-0.4, -0.2) is 9.78 Å². The third kappa shape index (κ3) is 3.05. The van der Waals surface area contributed by atoms with Crippen LogP contribution in [0.3, 0.4) is 0 Å². The minimum atomic E-state index is 0.646. The highest BCUT2D eigenvalue weighted by Crippen LogP contribution is 2.23. The van der Waals surface area contributed by atoms with Gasteiger partial charge in [0.25, 0.3) is 0 Å². The Bertz CT molecular complexity index is 529. The van der Waals surface area contributed by atoms with Gasteiger partial charge in [0.05, 0.1) is 5.69 Å². The van der Waals surface area contributed by atoms with Gasteiger partial charge in [-0.2, -0.15) is 5.10 Å². The van der Waals surface area contributed by atoms with Crippen LogP contribution in [0, 0.1) is 6.92 Å². The van der Waals surface area contributed by atoms with Gasteiger partial charge in [0, 0.05) is 47.5 Å². The minimum Gasteiger partial charge on any atom is -0.308 e. The van der Waals surface area contributed by atoms with E-state index in [4.69, 9.17) is 23.2 Å². The molecular weight excluding hydrogens is 269 g/mol. The normalized spacial score (nSPS) is 10.9. The summed E-state index contributed by atoms with van der Waals surface area (Å²) in [6.45, 7) is 3.40. The molecule has 0 fully saturated rings. The summed E-state index contributed by atoms with van der Waals surface area (Å²) in [4.78, 5) is 0. The lowest BCUT2D eigenvalue weighted by atomic mass is 10.2. The van der Waals surface area contributed by atoms with Crippen LogP contribution in [0.15, 0.2) is 24.4 Å². The van der Waals surface area contributed by atoms with Crippen LogP contribution in [0.5, 0.6) is 0 Å². The predicted octanol–water partition coefficient (Wildman–Crippen LogP) is 3.33. The molecule has 2 rings (SSSR count). The van der Waals surface area contributed by atoms with Gasteiger partial charge in [0.1, 0.15) is 0 Å². The predicted molar refractivity (Wildman–Crippen MR) is 75.0 cm³/mol. The Kier molecular flexibility index (Phi) is 4.27. The Balaban J connectivity index is 1.99. The molecule has 0 atom stereocenters. The molecule has 96 valence electrons. The molecule has 0 saturated heterocycles. The summed E-state index contributed by atoms with van der Waals surface area (Å²) in [5.41, 5.74) is 3.15. The number of nitrogens with one attached hydrogen (secondary N) is 1. The van der Waals surface area contributed by atoms with Crippen molar-refractivity contribution < 1.29 is 0 Å². The molecule has 0 amide bonds. The summed E-state index contributed by atoms with van der Waals surface area (Å²) in [5.74, 6) is 0. The second-order valence-corrected chi connectivity index (χ2v) is 5.03. The number of hydrogen-bond donors (Lipinski definition) is 1. The summed E-state index contributed by atoms with van der Waals surface area (Å²) in [6, 6.07) is 5.54. The number of nitrogens with zero attached hydrogens (tertiary/aromatic N) is 2. The lowest BCUT2D eigenvalue weighted by Crippen LogP contribution is -2.13. The van der Waals surface area contributed by atoms with Gasteiger partial charge in [-0.05, 0) is 19.1 Å². The third-order valence-corrected chi connectivity index (χ3v) is 3.50. The van der Waals surface area contributed by atoms with Gasteiger partial charge >= 0.3 is 0 Å². The number of aromatic nitrogens is 2. The first-order valence-corrected chi connectivity index (χ1v) is 6.46. The molecule has 0 aliphatic carbocycles. The van der Waals surface area contributed by atoms with Crippen molar-refractivity contribution in [3.8, 4) is 0 Å². The maximum Gasteiger partial charge on any atom is 0.0638 e. The maximum absolute atomic E-state index is 6.11. The van der Waals surface area contributed by atoms with Gasteiger partial charge in [-0.3, -0.25) is 4.68 Å². The topological polar surface area (TPSA) is 29.9 Å². The van der Waals surface area contributed by atoms with Crippen LogP contribution in [-0.2, 0) is 20.1 Å². The van der Waals surface area contributed by atoms with Crippen LogP contribution in [0.2, 0.25) is 10.0 Å². The fraction of sp³-hybridized carbons (Fsp3) is 0.308. The lowest BCUT2D eigenvalue weighted by Gasteiger charge is -2.08. The SMILES string of the molecule is Cc1nn(C)cc1CNCc1c(Cl)cccc1Cl. The molecule has 0 saturated carbocycles. The average Bonchev–Trinajstić information content (AvgIpc) is 2.62. The summed E-state index contributed by atoms with van der Waals surface area (Å²) in [6.07, 6.45) is 2.01.